The van der Waals surface area contributed by atoms with Crippen molar-refractivity contribution in [2.45, 2.75) is 27.7 Å². The molecular weight excluding hydrogens is 284 g/mol. The molecule has 1 aliphatic rings. The summed E-state index contributed by atoms with van der Waals surface area (Å²) in [4.78, 5) is 0. The number of imidazole rings is 1. The van der Waals surface area contributed by atoms with E-state index in [1.54, 1.807) is 0 Å². The van der Waals surface area contributed by atoms with Crippen LogP contribution in [0.15, 0.2) is 61.1 Å². The fraction of sp³-hybridized carbons (Fsp3) is 0.250. The third kappa shape index (κ3) is 3.14. The monoisotopic (exact) mass is 309 g/mol. The van der Waals surface area contributed by atoms with Gasteiger partial charge in [0.15, 0.2) is 17.1 Å². The van der Waals surface area contributed by atoms with Crippen LogP contribution in [0.2, 0.25) is 0 Å². The molecule has 0 saturated heterocycles. The number of aryl methyl sites for hydroxylation is 1. The van der Waals surface area contributed by atoms with Crippen LogP contribution in [0.25, 0.3) is 16.9 Å². The van der Waals surface area contributed by atoms with Crippen LogP contribution >= 0.6 is 0 Å². The lowest BCUT2D eigenvalue weighted by Crippen LogP contribution is -2.23. The van der Waals surface area contributed by atoms with Crippen LogP contribution in [-0.4, -0.2) is 4.57 Å². The molecule has 120 valence electrons. The molecule has 0 spiro atoms. The van der Waals surface area contributed by atoms with Gasteiger partial charge in [0.2, 0.25) is 6.33 Å². The molecule has 0 fully saturated rings. The lowest BCUT2D eigenvalue weighted by molar-refractivity contribution is -0.670. The van der Waals surface area contributed by atoms with Crippen LogP contribution in [0.3, 0.4) is 0 Å². The first-order valence-electron chi connectivity index (χ1n) is 8.27. The Bertz CT molecular complexity index is 712. The quantitative estimate of drug-likeness (QED) is 0.412. The molecule has 2 heterocycles. The largest absolute Gasteiger partial charge is 0.452 e. The first-order chi connectivity index (χ1) is 11.3. The van der Waals surface area contributed by atoms with Gasteiger partial charge in [-0.1, -0.05) is 52.0 Å². The molecule has 4 rings (SSSR count). The fourth-order valence-electron chi connectivity index (χ4n) is 2.55. The van der Waals surface area contributed by atoms with Crippen LogP contribution in [0.1, 0.15) is 27.7 Å². The van der Waals surface area contributed by atoms with Gasteiger partial charge in [0.25, 0.3) is 0 Å². The van der Waals surface area contributed by atoms with Crippen molar-refractivity contribution < 1.29 is 9.30 Å². The molecule has 0 N–H and O–H groups in total. The number of fused-ring (bicyclic) bond motifs is 5. The average molecular weight is 309 g/mol. The number of ether oxygens (including phenoxy) is 1. The predicted molar refractivity (Wildman–Crippen MR) is 95.2 cm³/mol. The molecular formula is C20H25N2O+. The minimum atomic E-state index is 0.880. The Kier molecular flexibility index (Phi) is 5.58. The maximum absolute atomic E-state index is 6.05. The molecule has 3 aromatic rings. The fourth-order valence-corrected chi connectivity index (χ4v) is 2.55. The Balaban J connectivity index is 0.000000448. The first-order valence-corrected chi connectivity index (χ1v) is 8.27. The molecule has 0 aliphatic carbocycles. The molecule has 1 aliphatic heterocycles. The highest BCUT2D eigenvalue weighted by Crippen LogP contribution is 2.40. The van der Waals surface area contributed by atoms with E-state index in [2.05, 4.69) is 33.8 Å². The van der Waals surface area contributed by atoms with E-state index in [1.165, 1.54) is 0 Å². The minimum Gasteiger partial charge on any atom is -0.452 e. The minimum absolute atomic E-state index is 0.880. The van der Waals surface area contributed by atoms with Gasteiger partial charge in [0.05, 0.1) is 12.6 Å². The average Bonchev–Trinajstić information content (AvgIpc) is 2.95. The zero-order valence-electron chi connectivity index (χ0n) is 14.6. The molecule has 3 heteroatoms. The highest BCUT2D eigenvalue weighted by Gasteiger charge is 2.25. The van der Waals surface area contributed by atoms with Gasteiger partial charge in [0.1, 0.15) is 11.9 Å². The van der Waals surface area contributed by atoms with Crippen molar-refractivity contribution in [3.05, 3.63) is 61.1 Å². The van der Waals surface area contributed by atoms with Crippen LogP contribution < -0.4 is 9.30 Å². The summed E-state index contributed by atoms with van der Waals surface area (Å²) in [5, 5.41) is 0. The van der Waals surface area contributed by atoms with Crippen molar-refractivity contribution in [1.29, 1.82) is 0 Å². The van der Waals surface area contributed by atoms with E-state index in [1.807, 2.05) is 71.1 Å². The summed E-state index contributed by atoms with van der Waals surface area (Å²) in [6.07, 6.45) is 4.18. The SMILES string of the molecule is CC.CC.C[n+]1cc2n(c1)-c1ccccc1Oc1ccccc1-2. The topological polar surface area (TPSA) is 18.0 Å². The number of rotatable bonds is 0. The Morgan fingerprint density at radius 2 is 1.43 bits per heavy atom. The Morgan fingerprint density at radius 3 is 2.17 bits per heavy atom. The highest BCUT2D eigenvalue weighted by molar-refractivity contribution is 5.72. The summed E-state index contributed by atoms with van der Waals surface area (Å²) in [5.41, 5.74) is 3.32. The lowest BCUT2D eigenvalue weighted by Gasteiger charge is -2.05. The Labute approximate surface area is 138 Å². The molecule has 0 atom stereocenters. The number of nitrogens with zero attached hydrogens (tertiary/aromatic N) is 2. The number of benzene rings is 2. The van der Waals surface area contributed by atoms with Crippen LogP contribution in [0.5, 0.6) is 11.5 Å². The van der Waals surface area contributed by atoms with E-state index in [9.17, 15) is 0 Å². The van der Waals surface area contributed by atoms with Gasteiger partial charge in [0, 0.05) is 0 Å². The maximum atomic E-state index is 6.05. The van der Waals surface area contributed by atoms with Crippen molar-refractivity contribution >= 4 is 0 Å². The summed E-state index contributed by atoms with van der Waals surface area (Å²) in [6, 6.07) is 16.2. The maximum Gasteiger partial charge on any atom is 0.249 e. The zero-order valence-corrected chi connectivity index (χ0v) is 14.6. The summed E-state index contributed by atoms with van der Waals surface area (Å²) >= 11 is 0. The van der Waals surface area contributed by atoms with E-state index in [0.29, 0.717) is 0 Å². The molecule has 0 bridgehead atoms. The third-order valence-electron chi connectivity index (χ3n) is 3.39. The van der Waals surface area contributed by atoms with Crippen LogP contribution in [0, 0.1) is 0 Å². The third-order valence-corrected chi connectivity index (χ3v) is 3.39. The smallest absolute Gasteiger partial charge is 0.249 e. The van der Waals surface area contributed by atoms with Gasteiger partial charge in [-0.2, -0.15) is 4.57 Å². The van der Waals surface area contributed by atoms with E-state index >= 15 is 0 Å². The Hall–Kier alpha value is -2.55. The molecule has 0 unspecified atom stereocenters. The molecule has 0 amide bonds. The molecule has 3 nitrogen and oxygen atoms in total. The van der Waals surface area contributed by atoms with E-state index in [0.717, 1.165) is 28.4 Å². The van der Waals surface area contributed by atoms with E-state index < -0.39 is 0 Å². The van der Waals surface area contributed by atoms with Gasteiger partial charge in [-0.15, -0.1) is 0 Å². The number of para-hydroxylation sites is 3. The van der Waals surface area contributed by atoms with Gasteiger partial charge < -0.3 is 4.74 Å². The summed E-state index contributed by atoms with van der Waals surface area (Å²) in [5.74, 6) is 1.78. The van der Waals surface area contributed by atoms with Crippen molar-refractivity contribution in [2.24, 2.45) is 7.05 Å². The van der Waals surface area contributed by atoms with E-state index in [4.69, 9.17) is 4.74 Å². The lowest BCUT2D eigenvalue weighted by atomic mass is 10.1. The van der Waals surface area contributed by atoms with Gasteiger partial charge in [-0.25, -0.2) is 4.57 Å². The molecule has 0 saturated carbocycles. The Morgan fingerprint density at radius 1 is 0.826 bits per heavy atom. The summed E-state index contributed by atoms with van der Waals surface area (Å²) < 4.78 is 10.3. The summed E-state index contributed by atoms with van der Waals surface area (Å²) in [6.45, 7) is 8.00. The second-order valence-electron chi connectivity index (χ2n) is 4.73. The predicted octanol–water partition coefficient (Wildman–Crippen LogP) is 5.13. The number of aromatic nitrogens is 2. The molecule has 1 aromatic heterocycles. The van der Waals surface area contributed by atoms with Crippen molar-refractivity contribution in [2.75, 3.05) is 0 Å². The van der Waals surface area contributed by atoms with Crippen molar-refractivity contribution in [3.8, 4) is 28.4 Å². The second kappa shape index (κ2) is 7.63. The van der Waals surface area contributed by atoms with Gasteiger partial charge in [-0.05, 0) is 24.3 Å². The first kappa shape index (κ1) is 16.8. The molecule has 23 heavy (non-hydrogen) atoms. The number of hydrogen-bond donors (Lipinski definition) is 0. The van der Waals surface area contributed by atoms with Crippen LogP contribution in [0.4, 0.5) is 0 Å². The standard InChI is InChI=1S/C16H13N2O.2C2H6/c1-17-10-14-12-6-2-4-8-15(12)19-16-9-5-3-7-13(16)18(14)11-17;2*1-2/h2-11H,1H3;2*1-2H3/q+1;;. The zero-order chi connectivity index (χ0) is 16.8. The molecule has 2 aromatic carbocycles. The van der Waals surface area contributed by atoms with Crippen molar-refractivity contribution in [1.82, 2.24) is 4.57 Å². The number of hydrogen-bond acceptors (Lipinski definition) is 1. The highest BCUT2D eigenvalue weighted by atomic mass is 16.5. The summed E-state index contributed by atoms with van der Waals surface area (Å²) in [7, 11) is 2.04. The van der Waals surface area contributed by atoms with Crippen LogP contribution in [-0.2, 0) is 7.05 Å². The molecule has 0 radical (unpaired) electrons. The van der Waals surface area contributed by atoms with Gasteiger partial charge in [-0.3, -0.25) is 0 Å². The second-order valence-corrected chi connectivity index (χ2v) is 4.73. The van der Waals surface area contributed by atoms with Crippen molar-refractivity contribution in [3.63, 3.8) is 0 Å². The van der Waals surface area contributed by atoms with Gasteiger partial charge >= 0.3 is 0 Å². The van der Waals surface area contributed by atoms with E-state index in [-0.39, 0.29) is 0 Å². The normalized spacial score (nSPS) is 10.3.